The number of carbonyl (C=O) groups excluding carboxylic acids is 2. The molecule has 0 spiro atoms. The summed E-state index contributed by atoms with van der Waals surface area (Å²) in [6, 6.07) is 0. The molecule has 9 nitrogen and oxygen atoms in total. The van der Waals surface area contributed by atoms with Crippen molar-refractivity contribution in [3.8, 4) is 0 Å². The van der Waals surface area contributed by atoms with Crippen LogP contribution in [0, 0.1) is 41.4 Å². The molecule has 0 aromatic heterocycles. The number of carbonyl (C=O) groups is 2. The molecular weight excluding hydrogens is 538 g/mol. The predicted molar refractivity (Wildman–Crippen MR) is 164 cm³/mol. The standard InChI is InChI=1S/C33H55NO8/c1-10-11-12-20(4)31(42-33(34)40)24(8)29(37)22(6)16-18(2)15-21(5)28(36)19(3)13-14-26(35)17-27-23(7)30(38)25(9)32(39)41-27/h10-15,19-31,35-38H,1,16-17H2,2-9H3,(H2,34,40)/t19-,20-,21-,22-,23-,24-,25+,26+,27-,28-,29+,30?,31-/m0/s1. The molecule has 1 aliphatic rings. The Morgan fingerprint density at radius 1 is 1.02 bits per heavy atom. The molecule has 1 aliphatic heterocycles. The van der Waals surface area contributed by atoms with Crippen molar-refractivity contribution in [3.05, 3.63) is 48.6 Å². The third-order valence-electron chi connectivity index (χ3n) is 8.62. The number of cyclic esters (lactones) is 1. The summed E-state index contributed by atoms with van der Waals surface area (Å²) >= 11 is 0. The monoisotopic (exact) mass is 593 g/mol. The number of nitrogens with two attached hydrogens (primary N) is 1. The number of primary amides is 1. The Hall–Kier alpha value is -2.46. The Balaban J connectivity index is 2.76. The van der Waals surface area contributed by atoms with Crippen molar-refractivity contribution in [1.82, 2.24) is 0 Å². The van der Waals surface area contributed by atoms with E-state index < -0.39 is 54.6 Å². The molecule has 13 atom stereocenters. The van der Waals surface area contributed by atoms with E-state index in [0.717, 1.165) is 5.57 Å². The average Bonchev–Trinajstić information content (AvgIpc) is 2.93. The maximum atomic E-state index is 12.0. The van der Waals surface area contributed by atoms with Crippen molar-refractivity contribution >= 4 is 12.1 Å². The first-order valence-electron chi connectivity index (χ1n) is 15.0. The Bertz CT molecular complexity index is 962. The fourth-order valence-corrected chi connectivity index (χ4v) is 5.80. The van der Waals surface area contributed by atoms with Gasteiger partial charge in [0.15, 0.2) is 0 Å². The third-order valence-corrected chi connectivity index (χ3v) is 8.62. The molecule has 42 heavy (non-hydrogen) atoms. The topological polar surface area (TPSA) is 160 Å². The molecular formula is C33H55NO8. The van der Waals surface area contributed by atoms with Crippen LogP contribution in [0.2, 0.25) is 0 Å². The van der Waals surface area contributed by atoms with E-state index in [9.17, 15) is 30.0 Å². The number of aliphatic hydroxyl groups is 4. The lowest BCUT2D eigenvalue weighted by atomic mass is 9.81. The van der Waals surface area contributed by atoms with Gasteiger partial charge < -0.3 is 35.6 Å². The fraction of sp³-hybridized carbons (Fsp3) is 0.697. The molecule has 0 saturated carbocycles. The van der Waals surface area contributed by atoms with Crippen LogP contribution < -0.4 is 5.73 Å². The number of ether oxygens (including phenoxy) is 2. The van der Waals surface area contributed by atoms with Crippen LogP contribution in [0.25, 0.3) is 0 Å². The molecule has 0 aromatic rings. The summed E-state index contributed by atoms with van der Waals surface area (Å²) in [5, 5.41) is 42.8. The molecule has 1 saturated heterocycles. The number of hydrogen-bond acceptors (Lipinski definition) is 8. The molecule has 0 aromatic carbocycles. The second-order valence-electron chi connectivity index (χ2n) is 12.4. The van der Waals surface area contributed by atoms with Crippen molar-refractivity contribution in [1.29, 1.82) is 0 Å². The molecule has 1 unspecified atom stereocenters. The second kappa shape index (κ2) is 17.6. The van der Waals surface area contributed by atoms with Gasteiger partial charge in [0.1, 0.15) is 12.2 Å². The fourth-order valence-electron chi connectivity index (χ4n) is 5.80. The molecule has 1 amide bonds. The highest BCUT2D eigenvalue weighted by Gasteiger charge is 2.41. The minimum atomic E-state index is -0.894. The maximum Gasteiger partial charge on any atom is 0.404 e. The first kappa shape index (κ1) is 37.6. The highest BCUT2D eigenvalue weighted by Crippen LogP contribution is 2.30. The van der Waals surface area contributed by atoms with Gasteiger partial charge in [-0.1, -0.05) is 90.2 Å². The van der Waals surface area contributed by atoms with Crippen LogP contribution in [-0.2, 0) is 14.3 Å². The lowest BCUT2D eigenvalue weighted by molar-refractivity contribution is -0.179. The van der Waals surface area contributed by atoms with Gasteiger partial charge >= 0.3 is 12.1 Å². The van der Waals surface area contributed by atoms with Crippen LogP contribution in [0.3, 0.4) is 0 Å². The largest absolute Gasteiger partial charge is 0.462 e. The summed E-state index contributed by atoms with van der Waals surface area (Å²) in [4.78, 5) is 23.5. The van der Waals surface area contributed by atoms with Gasteiger partial charge in [0.05, 0.1) is 30.3 Å². The van der Waals surface area contributed by atoms with Crippen LogP contribution in [0.1, 0.15) is 68.2 Å². The van der Waals surface area contributed by atoms with Gasteiger partial charge in [0, 0.05) is 36.0 Å². The Morgan fingerprint density at radius 2 is 1.64 bits per heavy atom. The van der Waals surface area contributed by atoms with Crippen LogP contribution >= 0.6 is 0 Å². The molecule has 1 rings (SSSR count). The van der Waals surface area contributed by atoms with Gasteiger partial charge in [-0.15, -0.1) is 0 Å². The minimum Gasteiger partial charge on any atom is -0.462 e. The molecule has 6 N–H and O–H groups in total. The van der Waals surface area contributed by atoms with Crippen molar-refractivity contribution in [2.24, 2.45) is 47.2 Å². The van der Waals surface area contributed by atoms with Crippen molar-refractivity contribution in [2.75, 3.05) is 0 Å². The average molecular weight is 594 g/mol. The highest BCUT2D eigenvalue weighted by molar-refractivity contribution is 5.73. The van der Waals surface area contributed by atoms with Gasteiger partial charge in [-0.05, 0) is 26.2 Å². The highest BCUT2D eigenvalue weighted by atomic mass is 16.6. The second-order valence-corrected chi connectivity index (χ2v) is 12.4. The summed E-state index contributed by atoms with van der Waals surface area (Å²) < 4.78 is 10.8. The molecule has 0 bridgehead atoms. The van der Waals surface area contributed by atoms with Crippen molar-refractivity contribution in [3.63, 3.8) is 0 Å². The Morgan fingerprint density at radius 3 is 2.21 bits per heavy atom. The number of allylic oxidation sites excluding steroid dienone is 3. The zero-order valence-corrected chi connectivity index (χ0v) is 26.6. The molecule has 0 radical (unpaired) electrons. The third kappa shape index (κ3) is 11.3. The number of rotatable bonds is 16. The molecule has 240 valence electrons. The maximum absolute atomic E-state index is 12.0. The predicted octanol–water partition coefficient (Wildman–Crippen LogP) is 4.30. The van der Waals surface area contributed by atoms with E-state index in [4.69, 9.17) is 15.2 Å². The number of esters is 1. The van der Waals surface area contributed by atoms with Gasteiger partial charge in [-0.2, -0.15) is 0 Å². The molecule has 9 heteroatoms. The van der Waals surface area contributed by atoms with E-state index in [1.54, 1.807) is 38.2 Å². The van der Waals surface area contributed by atoms with E-state index in [1.165, 1.54) is 0 Å². The molecule has 0 aliphatic carbocycles. The van der Waals surface area contributed by atoms with Crippen molar-refractivity contribution in [2.45, 2.75) is 105 Å². The van der Waals surface area contributed by atoms with Crippen LogP contribution in [0.15, 0.2) is 48.6 Å². The van der Waals surface area contributed by atoms with Crippen molar-refractivity contribution < 1.29 is 39.5 Å². The molecule has 1 fully saturated rings. The van der Waals surface area contributed by atoms with E-state index in [1.807, 2.05) is 53.7 Å². The Labute approximate surface area is 252 Å². The van der Waals surface area contributed by atoms with Crippen LogP contribution in [-0.4, -0.2) is 69.1 Å². The SMILES string of the molecule is C=CC=C[C@H](C)[C@H](OC(N)=O)[C@@H](C)[C@H](O)[C@@H](C)CC(C)=C[C@H](C)[C@@H](O)[C@@H](C)C=C[C@@H](O)C[C@@H]1OC(=O)[C@H](C)C(O)[C@H]1C. The summed E-state index contributed by atoms with van der Waals surface area (Å²) in [7, 11) is 0. The minimum absolute atomic E-state index is 0.152. The van der Waals surface area contributed by atoms with E-state index in [0.29, 0.717) is 6.42 Å². The lowest BCUT2D eigenvalue weighted by Gasteiger charge is -2.36. The zero-order valence-electron chi connectivity index (χ0n) is 26.6. The van der Waals surface area contributed by atoms with Gasteiger partial charge in [-0.3, -0.25) is 4.79 Å². The summed E-state index contributed by atoms with van der Waals surface area (Å²) in [5.41, 5.74) is 6.30. The zero-order chi connectivity index (χ0) is 32.3. The summed E-state index contributed by atoms with van der Waals surface area (Å²) in [6.07, 6.45) is 6.04. The lowest BCUT2D eigenvalue weighted by Crippen LogP contribution is -2.47. The van der Waals surface area contributed by atoms with Crippen LogP contribution in [0.5, 0.6) is 0 Å². The number of aliphatic hydroxyl groups excluding tert-OH is 4. The quantitative estimate of drug-likeness (QED) is 0.101. The van der Waals surface area contributed by atoms with E-state index in [-0.39, 0.29) is 41.9 Å². The molecule has 1 heterocycles. The summed E-state index contributed by atoms with van der Waals surface area (Å²) in [5.74, 6) is -2.52. The van der Waals surface area contributed by atoms with Gasteiger partial charge in [0.25, 0.3) is 0 Å². The first-order valence-corrected chi connectivity index (χ1v) is 15.0. The normalized spacial score (nSPS) is 28.3. The Kier molecular flexibility index (Phi) is 15.7. The number of hydrogen-bond donors (Lipinski definition) is 5. The smallest absolute Gasteiger partial charge is 0.404 e. The summed E-state index contributed by atoms with van der Waals surface area (Å²) in [6.45, 7) is 18.5. The number of amides is 1. The van der Waals surface area contributed by atoms with E-state index >= 15 is 0 Å². The first-order chi connectivity index (χ1) is 19.5. The van der Waals surface area contributed by atoms with Gasteiger partial charge in [0.2, 0.25) is 0 Å². The van der Waals surface area contributed by atoms with Gasteiger partial charge in [-0.25, -0.2) is 4.79 Å². The van der Waals surface area contributed by atoms with E-state index in [2.05, 4.69) is 6.58 Å². The van der Waals surface area contributed by atoms with Crippen LogP contribution in [0.4, 0.5) is 4.79 Å².